The monoisotopic (exact) mass is 410 g/mol. The number of rotatable bonds is 6. The number of amides is 1. The highest BCUT2D eigenvalue weighted by atomic mass is 35.5. The number of halogens is 1. The van der Waals surface area contributed by atoms with Gasteiger partial charge in [0.25, 0.3) is 0 Å². The molecule has 0 saturated heterocycles. The number of benzene rings is 1. The lowest BCUT2D eigenvalue weighted by molar-refractivity contribution is -0.122. The van der Waals surface area contributed by atoms with Gasteiger partial charge in [-0.25, -0.2) is 0 Å². The van der Waals surface area contributed by atoms with Crippen molar-refractivity contribution in [2.45, 2.75) is 53.1 Å². The fourth-order valence-corrected chi connectivity index (χ4v) is 3.74. The molecule has 0 saturated carbocycles. The van der Waals surface area contributed by atoms with Crippen molar-refractivity contribution in [3.63, 3.8) is 0 Å². The molecule has 5 nitrogen and oxygen atoms in total. The third kappa shape index (κ3) is 4.67. The molecule has 1 amide bonds. The highest BCUT2D eigenvalue weighted by Crippen LogP contribution is 2.27. The molecule has 2 heterocycles. The van der Waals surface area contributed by atoms with Gasteiger partial charge in [0.15, 0.2) is 0 Å². The molecule has 2 aromatic heterocycles. The van der Waals surface area contributed by atoms with Gasteiger partial charge in [-0.05, 0) is 63.4 Å². The largest absolute Gasteiger partial charge is 0.345 e. The van der Waals surface area contributed by atoms with Gasteiger partial charge in [-0.3, -0.25) is 14.5 Å². The molecule has 0 aliphatic rings. The van der Waals surface area contributed by atoms with Crippen molar-refractivity contribution in [1.29, 1.82) is 0 Å². The zero-order valence-electron chi connectivity index (χ0n) is 17.5. The number of carbonyl (C=O) groups excluding carboxylic acids is 1. The first-order chi connectivity index (χ1) is 13.8. The van der Waals surface area contributed by atoms with Crippen molar-refractivity contribution in [3.05, 3.63) is 81.4 Å². The number of pyridine rings is 1. The summed E-state index contributed by atoms with van der Waals surface area (Å²) in [6, 6.07) is 9.85. The Morgan fingerprint density at radius 2 is 1.83 bits per heavy atom. The van der Waals surface area contributed by atoms with Crippen LogP contribution in [0.1, 0.15) is 59.1 Å². The Morgan fingerprint density at radius 3 is 2.45 bits per heavy atom. The Bertz CT molecular complexity index is 1010. The molecule has 152 valence electrons. The standard InChI is InChI=1S/C23H27ClN4O/c1-14-6-7-15(2)20(12-14)23(19-8-10-25-11-9-19)26-21(29)13-16(3)28-18(5)22(24)17(4)27-28/h6-12,16,23H,13H2,1-5H3,(H,26,29)/t16-,23+/m0/s1. The quantitative estimate of drug-likeness (QED) is 0.620. The number of aromatic nitrogens is 3. The Hall–Kier alpha value is -2.66. The van der Waals surface area contributed by atoms with Crippen LogP contribution in [0.2, 0.25) is 5.02 Å². The molecule has 6 heteroatoms. The summed E-state index contributed by atoms with van der Waals surface area (Å²) in [6.07, 6.45) is 3.81. The molecule has 0 fully saturated rings. The van der Waals surface area contributed by atoms with Gasteiger partial charge in [-0.15, -0.1) is 0 Å². The third-order valence-corrected chi connectivity index (χ3v) is 5.77. The summed E-state index contributed by atoms with van der Waals surface area (Å²) in [7, 11) is 0. The first-order valence-electron chi connectivity index (χ1n) is 9.75. The summed E-state index contributed by atoms with van der Waals surface area (Å²) in [5.74, 6) is -0.0381. The summed E-state index contributed by atoms with van der Waals surface area (Å²) in [5.41, 5.74) is 6.04. The Labute approximate surface area is 177 Å². The summed E-state index contributed by atoms with van der Waals surface area (Å²) >= 11 is 6.27. The van der Waals surface area contributed by atoms with Gasteiger partial charge in [0.2, 0.25) is 5.91 Å². The van der Waals surface area contributed by atoms with Crippen LogP contribution in [0.4, 0.5) is 0 Å². The molecular weight excluding hydrogens is 384 g/mol. The average Bonchev–Trinajstić information content (AvgIpc) is 2.96. The smallest absolute Gasteiger partial charge is 0.222 e. The fraction of sp³-hybridized carbons (Fsp3) is 0.348. The number of nitrogens with zero attached hydrogens (tertiary/aromatic N) is 3. The normalized spacial score (nSPS) is 13.2. The van der Waals surface area contributed by atoms with Crippen molar-refractivity contribution in [2.75, 3.05) is 0 Å². The van der Waals surface area contributed by atoms with Crippen molar-refractivity contribution >= 4 is 17.5 Å². The Balaban J connectivity index is 1.85. The zero-order chi connectivity index (χ0) is 21.1. The molecule has 0 unspecified atom stereocenters. The summed E-state index contributed by atoms with van der Waals surface area (Å²) in [5, 5.41) is 8.35. The Morgan fingerprint density at radius 1 is 1.14 bits per heavy atom. The second-order valence-corrected chi connectivity index (χ2v) is 8.00. The fourth-order valence-electron chi connectivity index (χ4n) is 3.61. The number of nitrogens with one attached hydrogen (secondary N) is 1. The maximum absolute atomic E-state index is 13.0. The average molecular weight is 411 g/mol. The number of aryl methyl sites for hydroxylation is 3. The zero-order valence-corrected chi connectivity index (χ0v) is 18.3. The molecule has 2 atom stereocenters. The van der Waals surface area contributed by atoms with Gasteiger partial charge in [-0.1, -0.05) is 35.4 Å². The van der Waals surface area contributed by atoms with E-state index < -0.39 is 0 Å². The first-order valence-corrected chi connectivity index (χ1v) is 10.1. The van der Waals surface area contributed by atoms with E-state index in [0.29, 0.717) is 11.4 Å². The minimum absolute atomic E-state index is 0.0381. The van der Waals surface area contributed by atoms with Crippen LogP contribution in [-0.2, 0) is 4.79 Å². The van der Waals surface area contributed by atoms with Crippen molar-refractivity contribution < 1.29 is 4.79 Å². The van der Waals surface area contributed by atoms with Crippen LogP contribution in [0.25, 0.3) is 0 Å². The lowest BCUT2D eigenvalue weighted by Gasteiger charge is -2.23. The highest BCUT2D eigenvalue weighted by molar-refractivity contribution is 6.31. The summed E-state index contributed by atoms with van der Waals surface area (Å²) < 4.78 is 1.83. The predicted octanol–water partition coefficient (Wildman–Crippen LogP) is 5.02. The van der Waals surface area contributed by atoms with Crippen LogP contribution in [0, 0.1) is 27.7 Å². The summed E-state index contributed by atoms with van der Waals surface area (Å²) in [6.45, 7) is 9.90. The molecule has 0 spiro atoms. The number of hydrogen-bond acceptors (Lipinski definition) is 3. The number of carbonyl (C=O) groups is 1. The van der Waals surface area contributed by atoms with Gasteiger partial charge < -0.3 is 5.32 Å². The molecular formula is C23H27ClN4O. The topological polar surface area (TPSA) is 59.8 Å². The van der Waals surface area contributed by atoms with E-state index in [1.54, 1.807) is 12.4 Å². The van der Waals surface area contributed by atoms with E-state index in [0.717, 1.165) is 33.6 Å². The van der Waals surface area contributed by atoms with Gasteiger partial charge in [0, 0.05) is 18.8 Å². The van der Waals surface area contributed by atoms with Crippen LogP contribution in [-0.4, -0.2) is 20.7 Å². The molecule has 0 aliphatic carbocycles. The SMILES string of the molecule is Cc1ccc(C)c([C@H](NC(=O)C[C@H](C)n2nc(C)c(Cl)c2C)c2ccncc2)c1. The summed E-state index contributed by atoms with van der Waals surface area (Å²) in [4.78, 5) is 17.1. The predicted molar refractivity (Wildman–Crippen MR) is 116 cm³/mol. The van der Waals surface area contributed by atoms with Gasteiger partial charge >= 0.3 is 0 Å². The third-order valence-electron chi connectivity index (χ3n) is 5.23. The van der Waals surface area contributed by atoms with Crippen LogP contribution in [0.5, 0.6) is 0 Å². The molecule has 3 rings (SSSR count). The van der Waals surface area contributed by atoms with Crippen LogP contribution >= 0.6 is 11.6 Å². The maximum atomic E-state index is 13.0. The van der Waals surface area contributed by atoms with Crippen LogP contribution in [0.3, 0.4) is 0 Å². The molecule has 29 heavy (non-hydrogen) atoms. The molecule has 3 aromatic rings. The van der Waals surface area contributed by atoms with E-state index >= 15 is 0 Å². The lowest BCUT2D eigenvalue weighted by Crippen LogP contribution is -2.31. The second-order valence-electron chi connectivity index (χ2n) is 7.62. The molecule has 0 radical (unpaired) electrons. The van der Waals surface area contributed by atoms with Crippen LogP contribution in [0.15, 0.2) is 42.7 Å². The first kappa shape index (κ1) is 21.1. The van der Waals surface area contributed by atoms with E-state index in [-0.39, 0.29) is 18.0 Å². The number of hydrogen-bond donors (Lipinski definition) is 1. The molecule has 0 bridgehead atoms. The van der Waals surface area contributed by atoms with E-state index in [1.807, 2.05) is 37.6 Å². The van der Waals surface area contributed by atoms with E-state index in [1.165, 1.54) is 0 Å². The van der Waals surface area contributed by atoms with Crippen molar-refractivity contribution in [3.8, 4) is 0 Å². The van der Waals surface area contributed by atoms with E-state index in [2.05, 4.69) is 47.4 Å². The highest BCUT2D eigenvalue weighted by Gasteiger charge is 2.22. The van der Waals surface area contributed by atoms with Crippen molar-refractivity contribution in [1.82, 2.24) is 20.1 Å². The minimum atomic E-state index is -0.235. The Kier molecular flexibility index (Phi) is 6.38. The van der Waals surface area contributed by atoms with Gasteiger partial charge in [0.05, 0.1) is 28.5 Å². The van der Waals surface area contributed by atoms with E-state index in [4.69, 9.17) is 11.6 Å². The van der Waals surface area contributed by atoms with Gasteiger partial charge in [0.1, 0.15) is 0 Å². The molecule has 1 aromatic carbocycles. The van der Waals surface area contributed by atoms with Crippen molar-refractivity contribution in [2.24, 2.45) is 0 Å². The minimum Gasteiger partial charge on any atom is -0.345 e. The second kappa shape index (κ2) is 8.78. The van der Waals surface area contributed by atoms with Crippen LogP contribution < -0.4 is 5.32 Å². The van der Waals surface area contributed by atoms with Gasteiger partial charge in [-0.2, -0.15) is 5.10 Å². The molecule has 1 N–H and O–H groups in total. The maximum Gasteiger partial charge on any atom is 0.222 e. The lowest BCUT2D eigenvalue weighted by atomic mass is 9.94. The van der Waals surface area contributed by atoms with E-state index in [9.17, 15) is 4.79 Å². The molecule has 0 aliphatic heterocycles.